The summed E-state index contributed by atoms with van der Waals surface area (Å²) in [6, 6.07) is 6.86. The van der Waals surface area contributed by atoms with E-state index in [-0.39, 0.29) is 5.91 Å². The van der Waals surface area contributed by atoms with Gasteiger partial charge in [-0.15, -0.1) is 0 Å². The summed E-state index contributed by atoms with van der Waals surface area (Å²) < 4.78 is 4.94. The molecule has 128 valence electrons. The highest BCUT2D eigenvalue weighted by molar-refractivity contribution is 6.35. The molecular weight excluding hydrogens is 351 g/mol. The fraction of sp³-hybridized carbons (Fsp3) is 0.312. The molecular formula is C16H18Cl2N4O2. The van der Waals surface area contributed by atoms with Gasteiger partial charge in [0.1, 0.15) is 5.69 Å². The summed E-state index contributed by atoms with van der Waals surface area (Å²) in [5.74, 6) is 0.123. The minimum Gasteiger partial charge on any atom is -0.383 e. The number of ether oxygens (including phenoxy) is 1. The molecule has 1 aromatic heterocycles. The number of hydrogen-bond acceptors (Lipinski definition) is 5. The van der Waals surface area contributed by atoms with Crippen LogP contribution in [0.1, 0.15) is 16.1 Å². The van der Waals surface area contributed by atoms with Gasteiger partial charge in [0.05, 0.1) is 6.61 Å². The number of rotatable bonds is 8. The monoisotopic (exact) mass is 368 g/mol. The molecule has 0 atom stereocenters. The van der Waals surface area contributed by atoms with Gasteiger partial charge in [0, 0.05) is 36.4 Å². The van der Waals surface area contributed by atoms with E-state index in [1.54, 1.807) is 25.3 Å². The molecule has 0 radical (unpaired) electrons. The lowest BCUT2D eigenvalue weighted by atomic mass is 10.1. The Bertz CT molecular complexity index is 698. The molecule has 0 saturated carbocycles. The van der Waals surface area contributed by atoms with Crippen molar-refractivity contribution in [2.75, 3.05) is 32.1 Å². The van der Waals surface area contributed by atoms with Crippen LogP contribution in [0.3, 0.4) is 0 Å². The van der Waals surface area contributed by atoms with Gasteiger partial charge in [0.15, 0.2) is 0 Å². The predicted molar refractivity (Wildman–Crippen MR) is 94.9 cm³/mol. The van der Waals surface area contributed by atoms with Gasteiger partial charge in [-0.25, -0.2) is 9.97 Å². The second-order valence-electron chi connectivity index (χ2n) is 4.93. The number of carbonyl (C=O) groups excluding carboxylic acids is 1. The number of methoxy groups -OCH3 is 1. The summed E-state index contributed by atoms with van der Waals surface area (Å²) in [5, 5.41) is 6.96. The van der Waals surface area contributed by atoms with Crippen LogP contribution in [0.4, 0.5) is 5.95 Å². The molecule has 0 aliphatic carbocycles. The van der Waals surface area contributed by atoms with Gasteiger partial charge >= 0.3 is 0 Å². The summed E-state index contributed by atoms with van der Waals surface area (Å²) in [5.41, 5.74) is 1.22. The van der Waals surface area contributed by atoms with Gasteiger partial charge < -0.3 is 15.4 Å². The molecule has 2 aromatic rings. The van der Waals surface area contributed by atoms with Crippen LogP contribution < -0.4 is 10.6 Å². The fourth-order valence-corrected chi connectivity index (χ4v) is 2.46. The number of amides is 1. The zero-order valence-corrected chi connectivity index (χ0v) is 14.7. The van der Waals surface area contributed by atoms with Crippen molar-refractivity contribution in [1.82, 2.24) is 15.3 Å². The van der Waals surface area contributed by atoms with Gasteiger partial charge in [-0.05, 0) is 30.2 Å². The van der Waals surface area contributed by atoms with Crippen molar-refractivity contribution in [3.63, 3.8) is 0 Å². The van der Waals surface area contributed by atoms with E-state index in [0.29, 0.717) is 47.8 Å². The maximum Gasteiger partial charge on any atom is 0.270 e. The fourth-order valence-electron chi connectivity index (χ4n) is 1.96. The number of aromatic nitrogens is 2. The van der Waals surface area contributed by atoms with Gasteiger partial charge in [0.25, 0.3) is 5.91 Å². The maximum absolute atomic E-state index is 12.1. The van der Waals surface area contributed by atoms with E-state index in [1.807, 2.05) is 6.07 Å². The molecule has 2 N–H and O–H groups in total. The molecule has 6 nitrogen and oxygen atoms in total. The summed E-state index contributed by atoms with van der Waals surface area (Å²) in [7, 11) is 1.61. The highest BCUT2D eigenvalue weighted by Gasteiger charge is 2.09. The van der Waals surface area contributed by atoms with Crippen LogP contribution in [0.5, 0.6) is 0 Å². The Morgan fingerprint density at radius 2 is 2.08 bits per heavy atom. The Balaban J connectivity index is 1.87. The van der Waals surface area contributed by atoms with E-state index in [4.69, 9.17) is 27.9 Å². The molecule has 1 aromatic carbocycles. The molecule has 0 saturated heterocycles. The molecule has 0 bridgehead atoms. The van der Waals surface area contributed by atoms with Crippen LogP contribution in [0.25, 0.3) is 0 Å². The third kappa shape index (κ3) is 5.63. The first-order chi connectivity index (χ1) is 11.6. The maximum atomic E-state index is 12.1. The molecule has 2 rings (SSSR count). The van der Waals surface area contributed by atoms with E-state index in [0.717, 1.165) is 5.56 Å². The Kier molecular flexibility index (Phi) is 7.24. The highest BCUT2D eigenvalue weighted by Crippen LogP contribution is 2.21. The summed E-state index contributed by atoms with van der Waals surface area (Å²) in [4.78, 5) is 20.4. The van der Waals surface area contributed by atoms with Crippen molar-refractivity contribution in [3.8, 4) is 0 Å². The van der Waals surface area contributed by atoms with Crippen molar-refractivity contribution >= 4 is 35.1 Å². The summed E-state index contributed by atoms with van der Waals surface area (Å²) in [6.45, 7) is 1.54. The standard InChI is InChI=1S/C16H18Cl2N4O2/c1-24-9-8-21-16-20-7-5-14(22-16)15(23)19-6-4-11-2-3-12(17)10-13(11)18/h2-3,5,7,10H,4,6,8-9H2,1H3,(H,19,23)(H,20,21,22). The Morgan fingerprint density at radius 1 is 1.25 bits per heavy atom. The topological polar surface area (TPSA) is 76.1 Å². The van der Waals surface area contributed by atoms with Gasteiger partial charge in [-0.3, -0.25) is 4.79 Å². The van der Waals surface area contributed by atoms with Crippen molar-refractivity contribution in [2.45, 2.75) is 6.42 Å². The number of nitrogens with zero attached hydrogens (tertiary/aromatic N) is 2. The number of halogens is 2. The minimum absolute atomic E-state index is 0.266. The van der Waals surface area contributed by atoms with Crippen LogP contribution in [-0.2, 0) is 11.2 Å². The molecule has 0 fully saturated rings. The quantitative estimate of drug-likeness (QED) is 0.700. The second kappa shape index (κ2) is 9.42. The third-order valence-electron chi connectivity index (χ3n) is 3.17. The molecule has 24 heavy (non-hydrogen) atoms. The van der Waals surface area contributed by atoms with Crippen LogP contribution in [0.15, 0.2) is 30.5 Å². The van der Waals surface area contributed by atoms with Crippen LogP contribution in [0.2, 0.25) is 10.0 Å². The van der Waals surface area contributed by atoms with Crippen LogP contribution in [-0.4, -0.2) is 42.7 Å². The number of benzene rings is 1. The minimum atomic E-state index is -0.266. The average molecular weight is 369 g/mol. The van der Waals surface area contributed by atoms with Gasteiger partial charge in [0.2, 0.25) is 5.95 Å². The molecule has 0 unspecified atom stereocenters. The highest BCUT2D eigenvalue weighted by atomic mass is 35.5. The summed E-state index contributed by atoms with van der Waals surface area (Å²) >= 11 is 12.0. The third-order valence-corrected chi connectivity index (χ3v) is 3.76. The molecule has 1 heterocycles. The molecule has 0 spiro atoms. The van der Waals surface area contributed by atoms with E-state index in [9.17, 15) is 4.79 Å². The smallest absolute Gasteiger partial charge is 0.270 e. The Hall–Kier alpha value is -1.89. The number of carbonyl (C=O) groups is 1. The normalized spacial score (nSPS) is 10.5. The SMILES string of the molecule is COCCNc1nccc(C(=O)NCCc2ccc(Cl)cc2Cl)n1. The van der Waals surface area contributed by atoms with E-state index < -0.39 is 0 Å². The van der Waals surface area contributed by atoms with Gasteiger partial charge in [-0.2, -0.15) is 0 Å². The zero-order valence-electron chi connectivity index (χ0n) is 13.2. The average Bonchev–Trinajstić information content (AvgIpc) is 2.57. The van der Waals surface area contributed by atoms with E-state index in [2.05, 4.69) is 20.6 Å². The first kappa shape index (κ1) is 18.4. The largest absolute Gasteiger partial charge is 0.383 e. The lowest BCUT2D eigenvalue weighted by Crippen LogP contribution is -2.27. The number of hydrogen-bond donors (Lipinski definition) is 2. The first-order valence-corrected chi connectivity index (χ1v) is 8.13. The molecule has 0 aliphatic rings. The molecule has 1 amide bonds. The lowest BCUT2D eigenvalue weighted by Gasteiger charge is -2.08. The van der Waals surface area contributed by atoms with Crippen molar-refractivity contribution < 1.29 is 9.53 Å². The van der Waals surface area contributed by atoms with Crippen molar-refractivity contribution in [2.24, 2.45) is 0 Å². The van der Waals surface area contributed by atoms with E-state index >= 15 is 0 Å². The number of anilines is 1. The molecule has 0 aliphatic heterocycles. The number of nitrogens with one attached hydrogen (secondary N) is 2. The van der Waals surface area contributed by atoms with Crippen LogP contribution in [0, 0.1) is 0 Å². The zero-order chi connectivity index (χ0) is 17.4. The Labute approximate surface area is 150 Å². The molecule has 8 heteroatoms. The van der Waals surface area contributed by atoms with Crippen LogP contribution >= 0.6 is 23.2 Å². The van der Waals surface area contributed by atoms with Gasteiger partial charge in [-0.1, -0.05) is 29.3 Å². The van der Waals surface area contributed by atoms with Crippen molar-refractivity contribution in [3.05, 3.63) is 51.8 Å². The van der Waals surface area contributed by atoms with Crippen molar-refractivity contribution in [1.29, 1.82) is 0 Å². The van der Waals surface area contributed by atoms with E-state index in [1.165, 1.54) is 6.20 Å². The lowest BCUT2D eigenvalue weighted by molar-refractivity contribution is 0.0949. The second-order valence-corrected chi connectivity index (χ2v) is 5.77. The summed E-state index contributed by atoms with van der Waals surface area (Å²) in [6.07, 6.45) is 2.14. The predicted octanol–water partition coefficient (Wildman–Crippen LogP) is 2.81. The Morgan fingerprint density at radius 3 is 2.83 bits per heavy atom. The first-order valence-electron chi connectivity index (χ1n) is 7.38.